The molecule has 120 valence electrons. The number of carbonyl (C=O) groups is 1. The Morgan fingerprint density at radius 1 is 1.36 bits per heavy atom. The van der Waals surface area contributed by atoms with Gasteiger partial charge in [-0.05, 0) is 36.3 Å². The minimum atomic E-state index is -0.314. The lowest BCUT2D eigenvalue weighted by molar-refractivity contribution is 0.0600. The number of nitrogens with zero attached hydrogens (tertiary/aromatic N) is 1. The highest BCUT2D eigenvalue weighted by Gasteiger charge is 2.15. The third kappa shape index (κ3) is 4.94. The monoisotopic (exact) mass is 321 g/mol. The average Bonchev–Trinajstić information content (AvgIpc) is 3.08. The second-order valence-corrected chi connectivity index (χ2v) is 6.54. The lowest BCUT2D eigenvalue weighted by Crippen LogP contribution is -2.39. The molecule has 1 aliphatic heterocycles. The van der Waals surface area contributed by atoms with Crippen molar-refractivity contribution in [3.05, 3.63) is 35.4 Å². The summed E-state index contributed by atoms with van der Waals surface area (Å²) in [5.74, 6) is 1.76. The summed E-state index contributed by atoms with van der Waals surface area (Å²) in [5, 5.41) is 7.34. The van der Waals surface area contributed by atoms with Crippen LogP contribution in [0.4, 0.5) is 0 Å². The molecule has 0 radical (unpaired) electrons. The number of aliphatic imine (C=N–C) groups is 1. The van der Waals surface area contributed by atoms with Crippen molar-refractivity contribution in [1.29, 1.82) is 0 Å². The lowest BCUT2D eigenvalue weighted by Gasteiger charge is -2.15. The van der Waals surface area contributed by atoms with E-state index in [4.69, 9.17) is 0 Å². The van der Waals surface area contributed by atoms with Gasteiger partial charge in [0.2, 0.25) is 0 Å². The van der Waals surface area contributed by atoms with Crippen molar-refractivity contribution < 1.29 is 9.53 Å². The third-order valence-electron chi connectivity index (χ3n) is 3.58. The maximum atomic E-state index is 11.4. The highest BCUT2D eigenvalue weighted by molar-refractivity contribution is 8.00. The molecular formula is C16H23N3O2S. The molecule has 2 rings (SSSR count). The number of rotatable bonds is 5. The molecule has 1 heterocycles. The minimum Gasteiger partial charge on any atom is -0.465 e. The molecule has 0 saturated carbocycles. The van der Waals surface area contributed by atoms with Crippen molar-refractivity contribution >= 4 is 23.7 Å². The fourth-order valence-electron chi connectivity index (χ4n) is 2.30. The highest BCUT2D eigenvalue weighted by atomic mass is 32.2. The molecule has 22 heavy (non-hydrogen) atoms. The van der Waals surface area contributed by atoms with E-state index in [1.807, 2.05) is 23.9 Å². The molecule has 0 spiro atoms. The van der Waals surface area contributed by atoms with Gasteiger partial charge in [0.15, 0.2) is 5.96 Å². The van der Waals surface area contributed by atoms with Crippen molar-refractivity contribution in [1.82, 2.24) is 10.6 Å². The molecule has 1 aromatic rings. The first-order valence-corrected chi connectivity index (χ1v) is 8.51. The number of esters is 1. The summed E-state index contributed by atoms with van der Waals surface area (Å²) in [6.45, 7) is 1.62. The summed E-state index contributed by atoms with van der Waals surface area (Å²) in [5.41, 5.74) is 1.65. The van der Waals surface area contributed by atoms with Gasteiger partial charge in [-0.15, -0.1) is 0 Å². The molecule has 1 unspecified atom stereocenters. The Hall–Kier alpha value is -1.69. The molecule has 2 N–H and O–H groups in total. The van der Waals surface area contributed by atoms with Crippen LogP contribution < -0.4 is 10.6 Å². The Bertz CT molecular complexity index is 511. The van der Waals surface area contributed by atoms with Crippen LogP contribution in [0.2, 0.25) is 0 Å². The fraction of sp³-hybridized carbons (Fsp3) is 0.500. The number of guanidine groups is 1. The molecule has 1 aliphatic rings. The van der Waals surface area contributed by atoms with Crippen molar-refractivity contribution in [2.75, 3.05) is 26.5 Å². The first-order chi connectivity index (χ1) is 10.7. The molecule has 1 atom stereocenters. The Labute approximate surface area is 135 Å². The first kappa shape index (κ1) is 16.7. The van der Waals surface area contributed by atoms with Crippen LogP contribution >= 0.6 is 11.8 Å². The zero-order valence-electron chi connectivity index (χ0n) is 13.1. The van der Waals surface area contributed by atoms with E-state index >= 15 is 0 Å². The predicted octanol–water partition coefficient (Wildman–Crippen LogP) is 2.03. The predicted molar refractivity (Wildman–Crippen MR) is 91.5 cm³/mol. The van der Waals surface area contributed by atoms with Crippen molar-refractivity contribution in [3.63, 3.8) is 0 Å². The Kier molecular flexibility index (Phi) is 6.58. The molecular weight excluding hydrogens is 298 g/mol. The van der Waals surface area contributed by atoms with Crippen molar-refractivity contribution in [2.24, 2.45) is 4.99 Å². The summed E-state index contributed by atoms with van der Waals surface area (Å²) in [6, 6.07) is 7.38. The highest BCUT2D eigenvalue weighted by Crippen LogP contribution is 2.25. The van der Waals surface area contributed by atoms with E-state index in [1.165, 1.54) is 25.7 Å². The number of nitrogens with one attached hydrogen (secondary N) is 2. The van der Waals surface area contributed by atoms with Crippen LogP contribution in [-0.4, -0.2) is 43.6 Å². The molecule has 0 amide bonds. The second kappa shape index (κ2) is 8.68. The largest absolute Gasteiger partial charge is 0.465 e. The van der Waals surface area contributed by atoms with E-state index in [0.717, 1.165) is 18.1 Å². The minimum absolute atomic E-state index is 0.314. The van der Waals surface area contributed by atoms with Crippen molar-refractivity contribution in [2.45, 2.75) is 24.6 Å². The van der Waals surface area contributed by atoms with Crippen LogP contribution in [0.15, 0.2) is 29.3 Å². The maximum absolute atomic E-state index is 11.4. The summed E-state index contributed by atoms with van der Waals surface area (Å²) < 4.78 is 4.69. The van der Waals surface area contributed by atoms with Gasteiger partial charge in [0, 0.05) is 25.4 Å². The summed E-state index contributed by atoms with van der Waals surface area (Å²) >= 11 is 2.03. The zero-order valence-corrected chi connectivity index (χ0v) is 13.9. The van der Waals surface area contributed by atoms with Gasteiger partial charge >= 0.3 is 5.97 Å². The number of hydrogen-bond acceptors (Lipinski definition) is 4. The topological polar surface area (TPSA) is 62.7 Å². The second-order valence-electron chi connectivity index (χ2n) is 5.13. The molecule has 0 aliphatic carbocycles. The van der Waals surface area contributed by atoms with Gasteiger partial charge in [-0.3, -0.25) is 4.99 Å². The van der Waals surface area contributed by atoms with Crippen LogP contribution in [-0.2, 0) is 11.3 Å². The normalized spacial score (nSPS) is 18.1. The standard InChI is InChI=1S/C16H23N3O2S/c1-17-16(19-11-14-4-3-9-22-14)18-10-12-5-7-13(8-6-12)15(20)21-2/h5-8,14H,3-4,9-11H2,1-2H3,(H2,17,18,19). The van der Waals surface area contributed by atoms with Gasteiger partial charge in [-0.1, -0.05) is 12.1 Å². The van der Waals surface area contributed by atoms with Gasteiger partial charge < -0.3 is 15.4 Å². The quantitative estimate of drug-likeness (QED) is 0.494. The van der Waals surface area contributed by atoms with Gasteiger partial charge in [-0.2, -0.15) is 11.8 Å². The number of benzene rings is 1. The average molecular weight is 321 g/mol. The molecule has 1 saturated heterocycles. The smallest absolute Gasteiger partial charge is 0.337 e. The molecule has 0 aromatic heterocycles. The Balaban J connectivity index is 1.78. The number of carbonyl (C=O) groups excluding carboxylic acids is 1. The van der Waals surface area contributed by atoms with Gasteiger partial charge in [-0.25, -0.2) is 4.79 Å². The Morgan fingerprint density at radius 2 is 2.14 bits per heavy atom. The molecule has 5 nitrogen and oxygen atoms in total. The Morgan fingerprint density at radius 3 is 2.73 bits per heavy atom. The molecule has 6 heteroatoms. The number of thioether (sulfide) groups is 1. The zero-order chi connectivity index (χ0) is 15.8. The van der Waals surface area contributed by atoms with Gasteiger partial charge in [0.05, 0.1) is 12.7 Å². The van der Waals surface area contributed by atoms with Crippen molar-refractivity contribution in [3.8, 4) is 0 Å². The van der Waals surface area contributed by atoms with Crippen LogP contribution in [0.5, 0.6) is 0 Å². The molecule has 1 fully saturated rings. The van der Waals surface area contributed by atoms with E-state index in [1.54, 1.807) is 19.2 Å². The fourth-order valence-corrected chi connectivity index (χ4v) is 3.50. The van der Waals surface area contributed by atoms with E-state index in [9.17, 15) is 4.79 Å². The van der Waals surface area contributed by atoms with Crippen LogP contribution in [0.3, 0.4) is 0 Å². The number of methoxy groups -OCH3 is 1. The van der Waals surface area contributed by atoms with E-state index in [-0.39, 0.29) is 5.97 Å². The SMILES string of the molecule is CN=C(NCc1ccc(C(=O)OC)cc1)NCC1CCCS1. The van der Waals surface area contributed by atoms with E-state index in [0.29, 0.717) is 17.4 Å². The molecule has 1 aromatic carbocycles. The van der Waals surface area contributed by atoms with Gasteiger partial charge in [0.25, 0.3) is 0 Å². The van der Waals surface area contributed by atoms with Crippen LogP contribution in [0.1, 0.15) is 28.8 Å². The lowest BCUT2D eigenvalue weighted by atomic mass is 10.1. The maximum Gasteiger partial charge on any atom is 0.337 e. The van der Waals surface area contributed by atoms with Crippen LogP contribution in [0, 0.1) is 0 Å². The summed E-state index contributed by atoms with van der Waals surface area (Å²) in [6.07, 6.45) is 2.60. The summed E-state index contributed by atoms with van der Waals surface area (Å²) in [4.78, 5) is 15.6. The summed E-state index contributed by atoms with van der Waals surface area (Å²) in [7, 11) is 3.16. The van der Waals surface area contributed by atoms with Crippen LogP contribution in [0.25, 0.3) is 0 Å². The van der Waals surface area contributed by atoms with E-state index < -0.39 is 0 Å². The van der Waals surface area contributed by atoms with Gasteiger partial charge in [0.1, 0.15) is 0 Å². The molecule has 0 bridgehead atoms. The first-order valence-electron chi connectivity index (χ1n) is 7.46. The number of hydrogen-bond donors (Lipinski definition) is 2. The third-order valence-corrected chi connectivity index (χ3v) is 4.98. The number of ether oxygens (including phenoxy) is 1. The van der Waals surface area contributed by atoms with E-state index in [2.05, 4.69) is 20.4 Å².